The molecule has 2 heterocycles. The predicted octanol–water partition coefficient (Wildman–Crippen LogP) is 1.92. The maximum absolute atomic E-state index is 12.5. The van der Waals surface area contributed by atoms with Gasteiger partial charge in [0.15, 0.2) is 5.82 Å². The molecular weight excluding hydrogens is 240 g/mol. The van der Waals surface area contributed by atoms with Crippen molar-refractivity contribution in [3.63, 3.8) is 0 Å². The lowest BCUT2D eigenvalue weighted by atomic mass is 10.3. The van der Waals surface area contributed by atoms with E-state index in [4.69, 9.17) is 11.6 Å². The van der Waals surface area contributed by atoms with Gasteiger partial charge in [-0.15, -0.1) is 0 Å². The number of nitrogens with zero attached hydrogens (tertiary/aromatic N) is 3. The van der Waals surface area contributed by atoms with Crippen LogP contribution in [0, 0.1) is 0 Å². The van der Waals surface area contributed by atoms with Crippen molar-refractivity contribution in [3.8, 4) is 0 Å². The lowest BCUT2D eigenvalue weighted by Gasteiger charge is -2.07. The first-order valence-electron chi connectivity index (χ1n) is 4.31. The predicted molar refractivity (Wildman–Crippen MR) is 54.7 cm³/mol. The van der Waals surface area contributed by atoms with E-state index in [1.54, 1.807) is 0 Å². The van der Waals surface area contributed by atoms with Gasteiger partial charge >= 0.3 is 0 Å². The summed E-state index contributed by atoms with van der Waals surface area (Å²) in [5.74, 6) is -0.582. The smallest absolute Gasteiger partial charge is 0.294 e. The van der Waals surface area contributed by atoms with Gasteiger partial charge in [0.2, 0.25) is 0 Å². The summed E-state index contributed by atoms with van der Waals surface area (Å²) in [6.45, 7) is 0. The van der Waals surface area contributed by atoms with Crippen molar-refractivity contribution in [2.45, 2.75) is 6.43 Å². The van der Waals surface area contributed by atoms with Gasteiger partial charge in [-0.25, -0.2) is 18.7 Å². The lowest BCUT2D eigenvalue weighted by molar-refractivity contribution is 0.135. The topological polar surface area (TPSA) is 47.8 Å². The zero-order valence-electron chi connectivity index (χ0n) is 8.12. The molecule has 2 aromatic heterocycles. The number of alkyl halides is 2. The quantitative estimate of drug-likeness (QED) is 0.721. The Kier molecular flexibility index (Phi) is 2.59. The molecule has 4 nitrogen and oxygen atoms in total. The zero-order valence-corrected chi connectivity index (χ0v) is 8.87. The molecule has 0 atom stereocenters. The highest BCUT2D eigenvalue weighted by molar-refractivity contribution is 6.30. The summed E-state index contributed by atoms with van der Waals surface area (Å²) in [7, 11) is 1.24. The Morgan fingerprint density at radius 3 is 2.81 bits per heavy atom. The highest BCUT2D eigenvalue weighted by atomic mass is 35.5. The number of rotatable bonds is 1. The average Bonchev–Trinajstić information content (AvgIpc) is 2.23. The summed E-state index contributed by atoms with van der Waals surface area (Å²) >= 11 is 5.61. The number of pyridine rings is 1. The van der Waals surface area contributed by atoms with Crippen LogP contribution in [0.5, 0.6) is 0 Å². The monoisotopic (exact) mass is 245 g/mol. The second kappa shape index (κ2) is 3.79. The van der Waals surface area contributed by atoms with Gasteiger partial charge in [0.25, 0.3) is 12.0 Å². The molecule has 2 aromatic rings. The Balaban J connectivity index is 2.88. The van der Waals surface area contributed by atoms with Gasteiger partial charge in [-0.2, -0.15) is 0 Å². The van der Waals surface area contributed by atoms with Crippen molar-refractivity contribution in [3.05, 3.63) is 33.6 Å². The third-order valence-corrected chi connectivity index (χ3v) is 2.37. The second-order valence-electron chi connectivity index (χ2n) is 3.16. The van der Waals surface area contributed by atoms with E-state index in [0.29, 0.717) is 0 Å². The number of hydrogen-bond acceptors (Lipinski definition) is 3. The Bertz CT molecular complexity index is 611. The molecule has 0 N–H and O–H groups in total. The van der Waals surface area contributed by atoms with E-state index >= 15 is 0 Å². The van der Waals surface area contributed by atoms with Crippen molar-refractivity contribution in [2.24, 2.45) is 7.05 Å². The Morgan fingerprint density at radius 1 is 1.50 bits per heavy atom. The first kappa shape index (κ1) is 10.9. The minimum Gasteiger partial charge on any atom is -0.294 e. The maximum atomic E-state index is 12.5. The van der Waals surface area contributed by atoms with Crippen LogP contribution < -0.4 is 5.56 Å². The molecule has 0 aliphatic rings. The fourth-order valence-corrected chi connectivity index (χ4v) is 1.52. The van der Waals surface area contributed by atoms with Crippen molar-refractivity contribution in [1.29, 1.82) is 0 Å². The minimum absolute atomic E-state index is 0.114. The number of fused-ring (bicyclic) bond motifs is 1. The number of aromatic nitrogens is 3. The molecule has 0 unspecified atom stereocenters. The van der Waals surface area contributed by atoms with Crippen LogP contribution in [0.4, 0.5) is 8.78 Å². The molecule has 7 heteroatoms. The summed E-state index contributed by atoms with van der Waals surface area (Å²) in [5, 5.41) is 0.295. The van der Waals surface area contributed by atoms with E-state index in [-0.39, 0.29) is 16.1 Å². The van der Waals surface area contributed by atoms with Gasteiger partial charge in [-0.05, 0) is 6.07 Å². The van der Waals surface area contributed by atoms with E-state index < -0.39 is 17.8 Å². The van der Waals surface area contributed by atoms with Gasteiger partial charge in [0.05, 0.1) is 17.1 Å². The van der Waals surface area contributed by atoms with Gasteiger partial charge in [0.1, 0.15) is 5.15 Å². The largest absolute Gasteiger partial charge is 0.295 e. The fourth-order valence-electron chi connectivity index (χ4n) is 1.36. The van der Waals surface area contributed by atoms with Gasteiger partial charge in [-0.3, -0.25) is 9.36 Å². The fraction of sp³-hybridized carbons (Fsp3) is 0.222. The third-order valence-electron chi connectivity index (χ3n) is 2.16. The molecule has 16 heavy (non-hydrogen) atoms. The summed E-state index contributed by atoms with van der Waals surface area (Å²) in [6.07, 6.45) is -1.61. The Hall–Kier alpha value is -1.56. The lowest BCUT2D eigenvalue weighted by Crippen LogP contribution is -2.22. The molecule has 0 spiro atoms. The van der Waals surface area contributed by atoms with Crippen LogP contribution in [-0.4, -0.2) is 14.5 Å². The molecule has 0 aliphatic carbocycles. The molecule has 0 aromatic carbocycles. The van der Waals surface area contributed by atoms with Crippen LogP contribution >= 0.6 is 11.6 Å². The van der Waals surface area contributed by atoms with E-state index in [9.17, 15) is 13.6 Å². The summed E-state index contributed by atoms with van der Waals surface area (Å²) in [6, 6.07) is 1.31. The first-order valence-corrected chi connectivity index (χ1v) is 4.69. The number of halogens is 3. The highest BCUT2D eigenvalue weighted by Crippen LogP contribution is 2.18. The first-order chi connectivity index (χ1) is 7.50. The van der Waals surface area contributed by atoms with E-state index in [1.807, 2.05) is 0 Å². The van der Waals surface area contributed by atoms with Crippen molar-refractivity contribution in [1.82, 2.24) is 14.5 Å². The minimum atomic E-state index is -2.81. The van der Waals surface area contributed by atoms with Gasteiger partial charge in [-0.1, -0.05) is 11.6 Å². The summed E-state index contributed by atoms with van der Waals surface area (Å²) in [4.78, 5) is 19.1. The van der Waals surface area contributed by atoms with E-state index in [1.165, 1.54) is 19.3 Å². The summed E-state index contributed by atoms with van der Waals surface area (Å²) in [5.41, 5.74) is -0.451. The molecule has 0 bridgehead atoms. The SMILES string of the molecule is Cn1c(C(F)F)nc2cnc(Cl)cc2c1=O. The molecular formula is C9H6ClF2N3O. The van der Waals surface area contributed by atoms with E-state index in [0.717, 1.165) is 4.57 Å². The molecule has 0 amide bonds. The maximum Gasteiger partial charge on any atom is 0.295 e. The Morgan fingerprint density at radius 2 is 2.19 bits per heavy atom. The molecule has 2 rings (SSSR count). The second-order valence-corrected chi connectivity index (χ2v) is 3.55. The van der Waals surface area contributed by atoms with Crippen LogP contribution in [0.3, 0.4) is 0 Å². The molecule has 0 radical (unpaired) electrons. The Labute approximate surface area is 93.5 Å². The van der Waals surface area contributed by atoms with Crippen LogP contribution in [-0.2, 0) is 7.05 Å². The summed E-state index contributed by atoms with van der Waals surface area (Å²) < 4.78 is 25.9. The standard InChI is InChI=1S/C9H6ClF2N3O/c1-15-8(7(11)12)14-5-3-13-6(10)2-4(5)9(15)16/h2-3,7H,1H3. The van der Waals surface area contributed by atoms with E-state index in [2.05, 4.69) is 9.97 Å². The molecule has 0 fully saturated rings. The van der Waals surface area contributed by atoms with Crippen LogP contribution in [0.2, 0.25) is 5.15 Å². The molecule has 84 valence electrons. The van der Waals surface area contributed by atoms with Crippen molar-refractivity contribution >= 4 is 22.5 Å². The van der Waals surface area contributed by atoms with Crippen LogP contribution in [0.1, 0.15) is 12.2 Å². The van der Waals surface area contributed by atoms with Gasteiger partial charge in [0, 0.05) is 7.05 Å². The van der Waals surface area contributed by atoms with Gasteiger partial charge < -0.3 is 0 Å². The average molecular weight is 246 g/mol. The normalized spacial score (nSPS) is 11.3. The zero-order chi connectivity index (χ0) is 11.9. The van der Waals surface area contributed by atoms with Crippen LogP contribution in [0.25, 0.3) is 10.9 Å². The third kappa shape index (κ3) is 1.65. The van der Waals surface area contributed by atoms with Crippen molar-refractivity contribution < 1.29 is 8.78 Å². The molecule has 0 aliphatic heterocycles. The molecule has 0 saturated heterocycles. The van der Waals surface area contributed by atoms with Crippen molar-refractivity contribution in [2.75, 3.05) is 0 Å². The number of hydrogen-bond donors (Lipinski definition) is 0. The molecule has 0 saturated carbocycles. The van der Waals surface area contributed by atoms with Crippen LogP contribution in [0.15, 0.2) is 17.1 Å². The highest BCUT2D eigenvalue weighted by Gasteiger charge is 2.16.